The highest BCUT2D eigenvalue weighted by atomic mass is 16.9. The number of hydrogen-bond acceptors (Lipinski definition) is 8. The Morgan fingerprint density at radius 3 is 2.91 bits per heavy atom. The first kappa shape index (κ1) is 12.6. The van der Waals surface area contributed by atoms with Crippen molar-refractivity contribution < 1.29 is 18.9 Å². The first-order chi connectivity index (χ1) is 10.9. The highest BCUT2D eigenvalue weighted by molar-refractivity contribution is 5.81. The van der Waals surface area contributed by atoms with Crippen LogP contribution < -0.4 is 20.1 Å². The van der Waals surface area contributed by atoms with Gasteiger partial charge in [0.25, 0.3) is 0 Å². The smallest absolute Gasteiger partial charge is 0.237 e. The molecule has 0 fully saturated rings. The van der Waals surface area contributed by atoms with Crippen LogP contribution in [0.15, 0.2) is 41.4 Å². The van der Waals surface area contributed by atoms with Gasteiger partial charge in [-0.05, 0) is 18.2 Å². The van der Waals surface area contributed by atoms with Gasteiger partial charge in [0, 0.05) is 16.8 Å². The first-order valence-corrected chi connectivity index (χ1v) is 6.39. The predicted molar refractivity (Wildman–Crippen MR) is 73.9 cm³/mol. The lowest BCUT2D eigenvalue weighted by Gasteiger charge is -2.06. The summed E-state index contributed by atoms with van der Waals surface area (Å²) >= 11 is 0. The molecular formula is C14H10N4O4. The van der Waals surface area contributed by atoms with E-state index in [-0.39, 0.29) is 0 Å². The van der Waals surface area contributed by atoms with Gasteiger partial charge in [0.2, 0.25) is 11.5 Å². The zero-order valence-electron chi connectivity index (χ0n) is 11.4. The van der Waals surface area contributed by atoms with E-state index in [2.05, 4.69) is 21.0 Å². The van der Waals surface area contributed by atoms with Crippen LogP contribution in [0.4, 0.5) is 0 Å². The molecule has 0 radical (unpaired) electrons. The lowest BCUT2D eigenvalue weighted by molar-refractivity contribution is 0.0248. The van der Waals surface area contributed by atoms with Crippen LogP contribution in [0, 0.1) is 0 Å². The molecule has 8 heteroatoms. The van der Waals surface area contributed by atoms with Crippen LogP contribution >= 0.6 is 0 Å². The Hall–Kier alpha value is -3.13. The van der Waals surface area contributed by atoms with Crippen LogP contribution in [0.5, 0.6) is 17.2 Å². The SMILES string of the molecule is COc1cc(-c2nocc2-c2ccnnc2)cc2c1ONO2. The number of benzene rings is 1. The van der Waals surface area contributed by atoms with Crippen LogP contribution in [-0.2, 0) is 0 Å². The Bertz CT molecular complexity index is 819. The standard InChI is InChI=1S/C14H10N4O4/c1-19-11-4-9(5-12-14(11)22-18-21-12)13-10(7-20-17-13)8-2-3-15-16-6-8/h2-7,18H,1H3. The molecule has 0 saturated heterocycles. The third kappa shape index (κ3) is 1.93. The zero-order chi connectivity index (χ0) is 14.9. The fraction of sp³-hybridized carbons (Fsp3) is 0.0714. The van der Waals surface area contributed by atoms with Gasteiger partial charge in [0.1, 0.15) is 12.0 Å². The molecule has 0 spiro atoms. The van der Waals surface area contributed by atoms with Crippen molar-refractivity contribution in [2.24, 2.45) is 0 Å². The van der Waals surface area contributed by atoms with Crippen molar-refractivity contribution in [3.05, 3.63) is 36.9 Å². The largest absolute Gasteiger partial charge is 0.493 e. The maximum absolute atomic E-state index is 5.32. The molecule has 0 saturated carbocycles. The number of rotatable bonds is 3. The number of ether oxygens (including phenoxy) is 1. The van der Waals surface area contributed by atoms with Gasteiger partial charge < -0.3 is 18.9 Å². The van der Waals surface area contributed by atoms with E-state index in [1.54, 1.807) is 37.9 Å². The van der Waals surface area contributed by atoms with Gasteiger partial charge in [-0.25, -0.2) is 0 Å². The van der Waals surface area contributed by atoms with E-state index in [0.717, 1.165) is 16.7 Å². The summed E-state index contributed by atoms with van der Waals surface area (Å²) in [6, 6.07) is 5.41. The number of methoxy groups -OCH3 is 1. The Labute approximate surface area is 124 Å². The third-order valence-electron chi connectivity index (χ3n) is 3.27. The molecule has 0 aliphatic carbocycles. The molecule has 3 aromatic rings. The van der Waals surface area contributed by atoms with E-state index >= 15 is 0 Å². The zero-order valence-corrected chi connectivity index (χ0v) is 11.4. The summed E-state index contributed by atoms with van der Waals surface area (Å²) in [5.41, 5.74) is 5.39. The van der Waals surface area contributed by atoms with E-state index in [1.807, 2.05) is 6.07 Å². The molecule has 3 heterocycles. The van der Waals surface area contributed by atoms with Gasteiger partial charge in [-0.15, -0.1) is 0 Å². The minimum Gasteiger partial charge on any atom is -0.493 e. The van der Waals surface area contributed by atoms with Gasteiger partial charge in [0.05, 0.1) is 25.1 Å². The highest BCUT2D eigenvalue weighted by Gasteiger charge is 2.23. The lowest BCUT2D eigenvalue weighted by atomic mass is 10.0. The quantitative estimate of drug-likeness (QED) is 0.785. The molecule has 0 amide bonds. The Kier molecular flexibility index (Phi) is 2.87. The average molecular weight is 298 g/mol. The summed E-state index contributed by atoms with van der Waals surface area (Å²) in [4.78, 5) is 10.3. The lowest BCUT2D eigenvalue weighted by Crippen LogP contribution is -2.14. The molecule has 1 aliphatic heterocycles. The molecule has 0 unspecified atom stereocenters. The second-order valence-corrected chi connectivity index (χ2v) is 4.50. The van der Waals surface area contributed by atoms with E-state index in [1.165, 1.54) is 0 Å². The second kappa shape index (κ2) is 5.01. The topological polar surface area (TPSA) is 91.5 Å². The minimum atomic E-state index is 0.488. The molecule has 1 aliphatic rings. The third-order valence-corrected chi connectivity index (χ3v) is 3.27. The fourth-order valence-corrected chi connectivity index (χ4v) is 2.25. The van der Waals surface area contributed by atoms with Crippen LogP contribution in [-0.4, -0.2) is 22.5 Å². The predicted octanol–water partition coefficient (Wildman–Crippen LogP) is 2.00. The van der Waals surface area contributed by atoms with Gasteiger partial charge in [0.15, 0.2) is 5.75 Å². The summed E-state index contributed by atoms with van der Waals surface area (Å²) in [7, 11) is 1.55. The number of fused-ring (bicyclic) bond motifs is 1. The van der Waals surface area contributed by atoms with Crippen molar-refractivity contribution in [2.75, 3.05) is 7.11 Å². The molecule has 0 atom stereocenters. The Morgan fingerprint density at radius 1 is 1.14 bits per heavy atom. The van der Waals surface area contributed by atoms with E-state index in [4.69, 9.17) is 18.9 Å². The van der Waals surface area contributed by atoms with Crippen LogP contribution in [0.3, 0.4) is 0 Å². The number of nitrogens with one attached hydrogen (secondary N) is 1. The van der Waals surface area contributed by atoms with Crippen molar-refractivity contribution in [3.8, 4) is 39.6 Å². The Balaban J connectivity index is 1.86. The van der Waals surface area contributed by atoms with Gasteiger partial charge in [-0.2, -0.15) is 10.2 Å². The monoisotopic (exact) mass is 298 g/mol. The fourth-order valence-electron chi connectivity index (χ4n) is 2.25. The number of nitrogens with zero attached hydrogens (tertiary/aromatic N) is 3. The van der Waals surface area contributed by atoms with E-state index in [0.29, 0.717) is 22.9 Å². The van der Waals surface area contributed by atoms with Crippen LogP contribution in [0.1, 0.15) is 0 Å². The molecule has 2 aromatic heterocycles. The first-order valence-electron chi connectivity index (χ1n) is 6.39. The number of hydrogen-bond donors (Lipinski definition) is 1. The van der Waals surface area contributed by atoms with Crippen molar-refractivity contribution in [1.29, 1.82) is 0 Å². The molecule has 4 rings (SSSR count). The van der Waals surface area contributed by atoms with E-state index < -0.39 is 0 Å². The summed E-state index contributed by atoms with van der Waals surface area (Å²) in [6.07, 6.45) is 4.81. The van der Waals surface area contributed by atoms with Gasteiger partial charge in [-0.3, -0.25) is 0 Å². The van der Waals surface area contributed by atoms with Crippen molar-refractivity contribution in [1.82, 2.24) is 21.0 Å². The Morgan fingerprint density at radius 2 is 2.09 bits per heavy atom. The summed E-state index contributed by atoms with van der Waals surface area (Å²) in [5.74, 6) is 1.53. The van der Waals surface area contributed by atoms with Crippen LogP contribution in [0.2, 0.25) is 0 Å². The summed E-state index contributed by atoms with van der Waals surface area (Å²) < 4.78 is 10.4. The average Bonchev–Trinajstić information content (AvgIpc) is 3.23. The molecule has 22 heavy (non-hydrogen) atoms. The van der Waals surface area contributed by atoms with Crippen molar-refractivity contribution >= 4 is 0 Å². The molecule has 1 N–H and O–H groups in total. The van der Waals surface area contributed by atoms with Crippen molar-refractivity contribution in [2.45, 2.75) is 0 Å². The van der Waals surface area contributed by atoms with Crippen molar-refractivity contribution in [3.63, 3.8) is 0 Å². The maximum Gasteiger partial charge on any atom is 0.237 e. The minimum absolute atomic E-state index is 0.488. The molecule has 0 bridgehead atoms. The number of aromatic nitrogens is 3. The highest BCUT2D eigenvalue weighted by Crippen LogP contribution is 2.44. The normalized spacial score (nSPS) is 12.4. The molecule has 110 valence electrons. The summed E-state index contributed by atoms with van der Waals surface area (Å²) in [5, 5.41) is 11.7. The molecule has 1 aromatic carbocycles. The summed E-state index contributed by atoms with van der Waals surface area (Å²) in [6.45, 7) is 0. The molecule has 8 nitrogen and oxygen atoms in total. The molecular weight excluding hydrogens is 288 g/mol. The second-order valence-electron chi connectivity index (χ2n) is 4.50. The van der Waals surface area contributed by atoms with Gasteiger partial charge >= 0.3 is 0 Å². The van der Waals surface area contributed by atoms with E-state index in [9.17, 15) is 0 Å². The van der Waals surface area contributed by atoms with Crippen LogP contribution in [0.25, 0.3) is 22.4 Å². The van der Waals surface area contributed by atoms with Gasteiger partial charge in [-0.1, -0.05) is 5.16 Å². The maximum atomic E-state index is 5.32.